The number of anilines is 1. The van der Waals surface area contributed by atoms with Crippen molar-refractivity contribution in [2.45, 2.75) is 25.8 Å². The van der Waals surface area contributed by atoms with Crippen molar-refractivity contribution in [3.05, 3.63) is 29.8 Å². The normalized spacial score (nSPS) is 26.6. The van der Waals surface area contributed by atoms with Crippen molar-refractivity contribution in [1.82, 2.24) is 5.32 Å². The van der Waals surface area contributed by atoms with E-state index in [9.17, 15) is 13.2 Å². The first-order chi connectivity index (χ1) is 9.96. The standard InChI is InChI=1S/C15H20N2O3S/c1-11-8-13-4-2-3-5-14(13)17(11)15(18)16-9-12-6-7-21(19,20)10-12/h2-5,11-12H,6-10H2,1H3,(H,16,18). The van der Waals surface area contributed by atoms with E-state index in [0.717, 1.165) is 12.1 Å². The van der Waals surface area contributed by atoms with Gasteiger partial charge in [0.1, 0.15) is 0 Å². The van der Waals surface area contributed by atoms with Gasteiger partial charge in [0.05, 0.1) is 11.5 Å². The maximum Gasteiger partial charge on any atom is 0.322 e. The maximum absolute atomic E-state index is 12.4. The predicted molar refractivity (Wildman–Crippen MR) is 82.2 cm³/mol. The number of hydrogen-bond donors (Lipinski definition) is 1. The molecule has 6 heteroatoms. The molecule has 114 valence electrons. The van der Waals surface area contributed by atoms with Crippen LogP contribution < -0.4 is 10.2 Å². The lowest BCUT2D eigenvalue weighted by atomic mass is 10.1. The number of nitrogens with zero attached hydrogens (tertiary/aromatic N) is 1. The molecule has 2 unspecified atom stereocenters. The van der Waals surface area contributed by atoms with Gasteiger partial charge in [-0.3, -0.25) is 4.90 Å². The van der Waals surface area contributed by atoms with Gasteiger partial charge in [0.25, 0.3) is 0 Å². The fourth-order valence-corrected chi connectivity index (χ4v) is 5.09. The summed E-state index contributed by atoms with van der Waals surface area (Å²) in [5.74, 6) is 0.489. The van der Waals surface area contributed by atoms with Gasteiger partial charge in [0.15, 0.2) is 9.84 Å². The van der Waals surface area contributed by atoms with E-state index >= 15 is 0 Å². The Labute approximate surface area is 125 Å². The molecule has 1 aromatic rings. The summed E-state index contributed by atoms with van der Waals surface area (Å²) < 4.78 is 22.9. The van der Waals surface area contributed by atoms with Gasteiger partial charge < -0.3 is 5.32 Å². The van der Waals surface area contributed by atoms with E-state index < -0.39 is 9.84 Å². The molecule has 2 amide bonds. The number of hydrogen-bond acceptors (Lipinski definition) is 3. The summed E-state index contributed by atoms with van der Waals surface area (Å²) >= 11 is 0. The van der Waals surface area contributed by atoms with E-state index in [2.05, 4.69) is 5.32 Å². The number of carbonyl (C=O) groups excluding carboxylic acids is 1. The van der Waals surface area contributed by atoms with Crippen LogP contribution in [0.25, 0.3) is 0 Å². The lowest BCUT2D eigenvalue weighted by molar-refractivity contribution is 0.243. The van der Waals surface area contributed by atoms with Crippen LogP contribution in [0.2, 0.25) is 0 Å². The molecule has 2 heterocycles. The largest absolute Gasteiger partial charge is 0.337 e. The van der Waals surface area contributed by atoms with Crippen molar-refractivity contribution in [2.75, 3.05) is 23.0 Å². The summed E-state index contributed by atoms with van der Waals surface area (Å²) in [6, 6.07) is 7.92. The smallest absolute Gasteiger partial charge is 0.322 e. The molecule has 2 aliphatic heterocycles. The zero-order valence-electron chi connectivity index (χ0n) is 12.1. The molecule has 1 fully saturated rings. The fraction of sp³-hybridized carbons (Fsp3) is 0.533. The zero-order chi connectivity index (χ0) is 15.0. The number of benzene rings is 1. The number of sulfone groups is 1. The summed E-state index contributed by atoms with van der Waals surface area (Å²) in [4.78, 5) is 14.2. The number of carbonyl (C=O) groups is 1. The Hall–Kier alpha value is -1.56. The monoisotopic (exact) mass is 308 g/mol. The van der Waals surface area contributed by atoms with Gasteiger partial charge in [0, 0.05) is 18.3 Å². The van der Waals surface area contributed by atoms with E-state index in [0.29, 0.717) is 13.0 Å². The highest BCUT2D eigenvalue weighted by Gasteiger charge is 2.32. The number of rotatable bonds is 2. The highest BCUT2D eigenvalue weighted by atomic mass is 32.2. The highest BCUT2D eigenvalue weighted by Crippen LogP contribution is 2.31. The van der Waals surface area contributed by atoms with Crippen molar-refractivity contribution in [3.63, 3.8) is 0 Å². The molecule has 2 aliphatic rings. The molecule has 1 N–H and O–H groups in total. The SMILES string of the molecule is CC1Cc2ccccc2N1C(=O)NCC1CCS(=O)(=O)C1. The minimum absolute atomic E-state index is 0.0482. The van der Waals surface area contributed by atoms with Gasteiger partial charge in [-0.25, -0.2) is 13.2 Å². The molecule has 1 aromatic carbocycles. The molecule has 0 saturated carbocycles. The van der Waals surface area contributed by atoms with Crippen LogP contribution >= 0.6 is 0 Å². The van der Waals surface area contributed by atoms with Crippen LogP contribution in [-0.4, -0.2) is 38.5 Å². The Morgan fingerprint density at radius 3 is 2.86 bits per heavy atom. The van der Waals surface area contributed by atoms with Crippen LogP contribution in [0.3, 0.4) is 0 Å². The number of amides is 2. The van der Waals surface area contributed by atoms with Crippen LogP contribution in [0.5, 0.6) is 0 Å². The lowest BCUT2D eigenvalue weighted by Gasteiger charge is -2.23. The van der Waals surface area contributed by atoms with Crippen molar-refractivity contribution >= 4 is 21.6 Å². The first-order valence-corrected chi connectivity index (χ1v) is 9.14. The van der Waals surface area contributed by atoms with Gasteiger partial charge in [-0.2, -0.15) is 0 Å². The van der Waals surface area contributed by atoms with Crippen LogP contribution in [0.1, 0.15) is 18.9 Å². The van der Waals surface area contributed by atoms with Crippen LogP contribution in [-0.2, 0) is 16.3 Å². The molecule has 0 aliphatic carbocycles. The Morgan fingerprint density at radius 2 is 2.14 bits per heavy atom. The van der Waals surface area contributed by atoms with E-state index in [1.54, 1.807) is 4.90 Å². The Balaban J connectivity index is 1.64. The van der Waals surface area contributed by atoms with Gasteiger partial charge >= 0.3 is 6.03 Å². The average molecular weight is 308 g/mol. The molecular formula is C15H20N2O3S. The first-order valence-electron chi connectivity index (χ1n) is 7.32. The van der Waals surface area contributed by atoms with E-state index in [1.807, 2.05) is 31.2 Å². The van der Waals surface area contributed by atoms with Crippen molar-refractivity contribution in [1.29, 1.82) is 0 Å². The second kappa shape index (κ2) is 5.33. The predicted octanol–water partition coefficient (Wildman–Crippen LogP) is 1.58. The van der Waals surface area contributed by atoms with Crippen molar-refractivity contribution in [2.24, 2.45) is 5.92 Å². The third-order valence-corrected chi connectivity index (χ3v) is 6.13. The Morgan fingerprint density at radius 1 is 1.38 bits per heavy atom. The lowest BCUT2D eigenvalue weighted by Crippen LogP contribution is -2.44. The van der Waals surface area contributed by atoms with Gasteiger partial charge in [-0.1, -0.05) is 18.2 Å². The molecule has 2 atom stereocenters. The van der Waals surface area contributed by atoms with Gasteiger partial charge in [-0.15, -0.1) is 0 Å². The molecular weight excluding hydrogens is 288 g/mol. The minimum atomic E-state index is -2.89. The van der Waals surface area contributed by atoms with Crippen molar-refractivity contribution in [3.8, 4) is 0 Å². The molecule has 0 bridgehead atoms. The second-order valence-electron chi connectivity index (χ2n) is 6.01. The second-order valence-corrected chi connectivity index (χ2v) is 8.24. The van der Waals surface area contributed by atoms with Gasteiger partial charge in [-0.05, 0) is 37.3 Å². The molecule has 21 heavy (non-hydrogen) atoms. The minimum Gasteiger partial charge on any atom is -0.337 e. The quantitative estimate of drug-likeness (QED) is 0.902. The Kier molecular flexibility index (Phi) is 3.65. The maximum atomic E-state index is 12.4. The van der Waals surface area contributed by atoms with E-state index in [1.165, 1.54) is 5.56 Å². The Bertz CT molecular complexity index is 657. The summed E-state index contributed by atoms with van der Waals surface area (Å²) in [6.07, 6.45) is 1.51. The van der Waals surface area contributed by atoms with Crippen LogP contribution in [0.4, 0.5) is 10.5 Å². The summed E-state index contributed by atoms with van der Waals surface area (Å²) in [6.45, 7) is 2.46. The summed E-state index contributed by atoms with van der Waals surface area (Å²) in [5, 5.41) is 2.90. The summed E-state index contributed by atoms with van der Waals surface area (Å²) in [5.41, 5.74) is 2.14. The topological polar surface area (TPSA) is 66.5 Å². The molecule has 1 saturated heterocycles. The number of urea groups is 1. The molecule has 5 nitrogen and oxygen atoms in total. The first kappa shape index (κ1) is 14.4. The van der Waals surface area contributed by atoms with Crippen molar-refractivity contribution < 1.29 is 13.2 Å². The van der Waals surface area contributed by atoms with E-state index in [4.69, 9.17) is 0 Å². The third-order valence-electron chi connectivity index (χ3n) is 4.29. The molecule has 0 spiro atoms. The summed E-state index contributed by atoms with van der Waals surface area (Å²) in [7, 11) is -2.89. The third kappa shape index (κ3) is 2.90. The highest BCUT2D eigenvalue weighted by molar-refractivity contribution is 7.91. The average Bonchev–Trinajstić information content (AvgIpc) is 2.94. The van der Waals surface area contributed by atoms with E-state index in [-0.39, 0.29) is 29.5 Å². The fourth-order valence-electron chi connectivity index (χ4n) is 3.22. The van der Waals surface area contributed by atoms with Crippen LogP contribution in [0, 0.1) is 5.92 Å². The van der Waals surface area contributed by atoms with Gasteiger partial charge in [0.2, 0.25) is 0 Å². The van der Waals surface area contributed by atoms with Crippen LogP contribution in [0.15, 0.2) is 24.3 Å². The molecule has 0 radical (unpaired) electrons. The molecule has 3 rings (SSSR count). The molecule has 0 aromatic heterocycles. The number of para-hydroxylation sites is 1. The zero-order valence-corrected chi connectivity index (χ0v) is 12.9. The number of fused-ring (bicyclic) bond motifs is 1. The number of nitrogens with one attached hydrogen (secondary N) is 1.